The second-order valence-corrected chi connectivity index (χ2v) is 5.20. The van der Waals surface area contributed by atoms with E-state index in [-0.39, 0.29) is 24.2 Å². The van der Waals surface area contributed by atoms with Gasteiger partial charge in [-0.15, -0.1) is 0 Å². The van der Waals surface area contributed by atoms with E-state index in [1.165, 1.54) is 0 Å². The molecule has 0 aromatic heterocycles. The van der Waals surface area contributed by atoms with E-state index in [9.17, 15) is 13.6 Å². The van der Waals surface area contributed by atoms with E-state index in [0.717, 1.165) is 31.4 Å². The number of nitrogens with zero attached hydrogens (tertiary/aromatic N) is 1. The van der Waals surface area contributed by atoms with Crippen LogP contribution in [0.1, 0.15) is 31.2 Å². The lowest BCUT2D eigenvalue weighted by atomic mass is 9.66. The van der Waals surface area contributed by atoms with Gasteiger partial charge in [-0.1, -0.05) is 6.42 Å². The van der Waals surface area contributed by atoms with E-state index in [0.29, 0.717) is 0 Å². The highest BCUT2D eigenvalue weighted by atomic mass is 19.1. The molecule has 2 rings (SSSR count). The van der Waals surface area contributed by atoms with Crippen LogP contribution >= 0.6 is 0 Å². The highest BCUT2D eigenvalue weighted by molar-refractivity contribution is 5.68. The van der Waals surface area contributed by atoms with Gasteiger partial charge in [0.15, 0.2) is 11.6 Å². The van der Waals surface area contributed by atoms with Crippen LogP contribution in [0.15, 0.2) is 12.1 Å². The Morgan fingerprint density at radius 1 is 1.40 bits per heavy atom. The summed E-state index contributed by atoms with van der Waals surface area (Å²) in [7, 11) is 0. The van der Waals surface area contributed by atoms with E-state index < -0.39 is 23.0 Å². The maximum atomic E-state index is 13.7. The number of hydrogen-bond donors (Lipinski definition) is 2. The van der Waals surface area contributed by atoms with Crippen molar-refractivity contribution in [1.29, 1.82) is 5.26 Å². The number of benzene rings is 1. The van der Waals surface area contributed by atoms with Gasteiger partial charge in [0.2, 0.25) is 0 Å². The summed E-state index contributed by atoms with van der Waals surface area (Å²) in [5.41, 5.74) is -0.825. The molecule has 1 aromatic carbocycles. The number of anilines is 1. The van der Waals surface area contributed by atoms with Gasteiger partial charge in [-0.05, 0) is 30.4 Å². The molecule has 6 heteroatoms. The number of hydrogen-bond acceptors (Lipinski definition) is 3. The van der Waals surface area contributed by atoms with Crippen molar-refractivity contribution in [1.82, 2.24) is 0 Å². The quantitative estimate of drug-likeness (QED) is 0.869. The monoisotopic (exact) mass is 280 g/mol. The molecule has 0 radical (unpaired) electrons. The second-order valence-electron chi connectivity index (χ2n) is 5.20. The van der Waals surface area contributed by atoms with Crippen LogP contribution in [0.5, 0.6) is 0 Å². The summed E-state index contributed by atoms with van der Waals surface area (Å²) < 4.78 is 27.4. The minimum absolute atomic E-state index is 0.0144. The number of carbonyl (C=O) groups is 1. The van der Waals surface area contributed by atoms with Gasteiger partial charge in [-0.3, -0.25) is 4.79 Å². The Morgan fingerprint density at radius 3 is 2.40 bits per heavy atom. The third kappa shape index (κ3) is 2.87. The minimum Gasteiger partial charge on any atom is -0.481 e. The Kier molecular flexibility index (Phi) is 3.89. The summed E-state index contributed by atoms with van der Waals surface area (Å²) >= 11 is 0. The number of carboxylic acid groups (broad SMARTS) is 1. The SMILES string of the molecule is N#Cc1cc(F)c(NCC2(CC(=O)O)CCC2)c(F)c1. The number of nitrogens with one attached hydrogen (secondary N) is 1. The van der Waals surface area contributed by atoms with Crippen LogP contribution in [-0.4, -0.2) is 17.6 Å². The molecule has 0 unspecified atom stereocenters. The summed E-state index contributed by atoms with van der Waals surface area (Å²) in [6, 6.07) is 3.58. The van der Waals surface area contributed by atoms with E-state index in [1.54, 1.807) is 6.07 Å². The predicted octanol–water partition coefficient (Wildman–Crippen LogP) is 2.89. The third-order valence-corrected chi connectivity index (χ3v) is 3.75. The molecule has 0 saturated heterocycles. The standard InChI is InChI=1S/C14H14F2N2O2/c15-10-4-9(7-17)5-11(16)13(10)18-8-14(2-1-3-14)6-12(19)20/h4-5,18H,1-3,6,8H2,(H,19,20). The lowest BCUT2D eigenvalue weighted by Crippen LogP contribution is -2.38. The second kappa shape index (κ2) is 5.45. The fraction of sp³-hybridized carbons (Fsp3) is 0.429. The Morgan fingerprint density at radius 2 is 2.00 bits per heavy atom. The number of nitriles is 1. The average Bonchev–Trinajstić information content (AvgIpc) is 2.33. The van der Waals surface area contributed by atoms with Crippen LogP contribution in [0.2, 0.25) is 0 Å². The molecular weight excluding hydrogens is 266 g/mol. The van der Waals surface area contributed by atoms with Crippen LogP contribution < -0.4 is 5.32 Å². The summed E-state index contributed by atoms with van der Waals surface area (Å²) in [5.74, 6) is -2.59. The first-order chi connectivity index (χ1) is 9.46. The zero-order valence-electron chi connectivity index (χ0n) is 10.7. The summed E-state index contributed by atoms with van der Waals surface area (Å²) in [6.07, 6.45) is 2.37. The summed E-state index contributed by atoms with van der Waals surface area (Å²) in [5, 5.41) is 20.1. The van der Waals surface area contributed by atoms with Gasteiger partial charge in [-0.25, -0.2) is 8.78 Å². The van der Waals surface area contributed by atoms with Crippen molar-refractivity contribution in [2.24, 2.45) is 5.41 Å². The Bertz CT molecular complexity index is 554. The maximum Gasteiger partial charge on any atom is 0.303 e. The molecule has 0 aliphatic heterocycles. The first-order valence-corrected chi connectivity index (χ1v) is 6.31. The lowest BCUT2D eigenvalue weighted by Gasteiger charge is -2.41. The minimum atomic E-state index is -0.910. The molecule has 1 fully saturated rings. The molecule has 1 aliphatic rings. The van der Waals surface area contributed by atoms with Gasteiger partial charge in [0.25, 0.3) is 0 Å². The third-order valence-electron chi connectivity index (χ3n) is 3.75. The van der Waals surface area contributed by atoms with Crippen molar-refractivity contribution in [3.05, 3.63) is 29.3 Å². The molecule has 0 heterocycles. The molecule has 1 saturated carbocycles. The topological polar surface area (TPSA) is 73.1 Å². The number of aliphatic carboxylic acids is 1. The molecule has 106 valence electrons. The molecule has 2 N–H and O–H groups in total. The number of halogens is 2. The molecule has 4 nitrogen and oxygen atoms in total. The lowest BCUT2D eigenvalue weighted by molar-refractivity contribution is -0.141. The molecule has 0 atom stereocenters. The Hall–Kier alpha value is -2.16. The summed E-state index contributed by atoms with van der Waals surface area (Å²) in [4.78, 5) is 10.8. The first kappa shape index (κ1) is 14.3. The Labute approximate surface area is 115 Å². The average molecular weight is 280 g/mol. The highest BCUT2D eigenvalue weighted by Crippen LogP contribution is 2.44. The van der Waals surface area contributed by atoms with E-state index in [1.807, 2.05) is 0 Å². The molecule has 0 spiro atoms. The largest absolute Gasteiger partial charge is 0.481 e. The van der Waals surface area contributed by atoms with Crippen molar-refractivity contribution in [3.8, 4) is 6.07 Å². The number of carboxylic acids is 1. The molecule has 20 heavy (non-hydrogen) atoms. The zero-order valence-corrected chi connectivity index (χ0v) is 10.7. The molecule has 1 aliphatic carbocycles. The van der Waals surface area contributed by atoms with Crippen LogP contribution in [0.25, 0.3) is 0 Å². The van der Waals surface area contributed by atoms with Gasteiger partial charge >= 0.3 is 5.97 Å². The fourth-order valence-corrected chi connectivity index (χ4v) is 2.50. The van der Waals surface area contributed by atoms with E-state index in [2.05, 4.69) is 5.32 Å². The van der Waals surface area contributed by atoms with Crippen molar-refractivity contribution in [3.63, 3.8) is 0 Å². The van der Waals surface area contributed by atoms with E-state index >= 15 is 0 Å². The first-order valence-electron chi connectivity index (χ1n) is 6.31. The predicted molar refractivity (Wildman–Crippen MR) is 68.1 cm³/mol. The van der Waals surface area contributed by atoms with Crippen LogP contribution in [0.3, 0.4) is 0 Å². The number of rotatable bonds is 5. The van der Waals surface area contributed by atoms with Gasteiger partial charge in [0.05, 0.1) is 18.1 Å². The highest BCUT2D eigenvalue weighted by Gasteiger charge is 2.39. The molecule has 0 bridgehead atoms. The summed E-state index contributed by atoms with van der Waals surface area (Å²) in [6.45, 7) is 0.207. The van der Waals surface area contributed by atoms with Crippen molar-refractivity contribution in [2.45, 2.75) is 25.7 Å². The normalized spacial score (nSPS) is 16.1. The zero-order chi connectivity index (χ0) is 14.8. The van der Waals surface area contributed by atoms with Gasteiger partial charge in [0, 0.05) is 6.54 Å². The van der Waals surface area contributed by atoms with Gasteiger partial charge in [0.1, 0.15) is 5.69 Å². The van der Waals surface area contributed by atoms with Crippen molar-refractivity contribution >= 4 is 11.7 Å². The van der Waals surface area contributed by atoms with Crippen LogP contribution in [-0.2, 0) is 4.79 Å². The van der Waals surface area contributed by atoms with Gasteiger partial charge < -0.3 is 10.4 Å². The molecule has 0 amide bonds. The Balaban J connectivity index is 2.11. The van der Waals surface area contributed by atoms with Crippen molar-refractivity contribution in [2.75, 3.05) is 11.9 Å². The van der Waals surface area contributed by atoms with Crippen molar-refractivity contribution < 1.29 is 18.7 Å². The van der Waals surface area contributed by atoms with E-state index in [4.69, 9.17) is 10.4 Å². The molecule has 1 aromatic rings. The van der Waals surface area contributed by atoms with Crippen LogP contribution in [0, 0.1) is 28.4 Å². The molecular formula is C14H14F2N2O2. The van der Waals surface area contributed by atoms with Crippen LogP contribution in [0.4, 0.5) is 14.5 Å². The fourth-order valence-electron chi connectivity index (χ4n) is 2.50. The smallest absolute Gasteiger partial charge is 0.303 e. The maximum absolute atomic E-state index is 13.7. The van der Waals surface area contributed by atoms with Gasteiger partial charge in [-0.2, -0.15) is 5.26 Å².